The molecule has 10 heteroatoms. The minimum Gasteiger partial charge on any atom is -0.455 e. The van der Waals surface area contributed by atoms with E-state index in [-0.39, 0.29) is 24.9 Å². The number of nitrogens with zero attached hydrogens (tertiary/aromatic N) is 5. The number of likely N-dealkylation sites (N-methyl/N-ethyl adjacent to an activating group) is 1. The maximum absolute atomic E-state index is 13.7. The number of anilines is 1. The summed E-state index contributed by atoms with van der Waals surface area (Å²) in [5.41, 5.74) is 3.24. The molecule has 0 spiro atoms. The van der Waals surface area contributed by atoms with Crippen LogP contribution < -0.4 is 15.0 Å². The van der Waals surface area contributed by atoms with Crippen molar-refractivity contribution in [2.45, 2.75) is 25.9 Å². The van der Waals surface area contributed by atoms with Gasteiger partial charge in [0.25, 0.3) is 5.91 Å². The van der Waals surface area contributed by atoms with Crippen molar-refractivity contribution in [1.82, 2.24) is 20.2 Å². The largest absolute Gasteiger partial charge is 0.455 e. The molecule has 1 N–H and O–H groups in total. The van der Waals surface area contributed by atoms with Crippen LogP contribution in [0.3, 0.4) is 0 Å². The molecule has 0 aliphatic carbocycles. The van der Waals surface area contributed by atoms with Gasteiger partial charge in [0.15, 0.2) is 5.75 Å². The van der Waals surface area contributed by atoms with Gasteiger partial charge in [-0.05, 0) is 79.5 Å². The summed E-state index contributed by atoms with van der Waals surface area (Å²) in [6.07, 6.45) is 2.37. The Labute approximate surface area is 251 Å². The zero-order valence-electron chi connectivity index (χ0n) is 23.8. The predicted molar refractivity (Wildman–Crippen MR) is 162 cm³/mol. The number of carbonyl (C=O) groups excluding carboxylic acids is 2. The highest BCUT2D eigenvalue weighted by molar-refractivity contribution is 6.30. The standard InChI is InChI=1S/C32H35ClN6O3/c1-36(39-20-25-6-2-3-7-26(25)21-39)32(41)23-38(22-31(40)35-14-17-37-15-4-5-16-37)29-18-24(19-34)8-13-30(29)42-28-11-9-27(33)10-12-28/h2-3,6-13,18H,4-5,14-17,20-23H2,1H3,(H,35,40). The highest BCUT2D eigenvalue weighted by Gasteiger charge is 2.28. The molecule has 0 radical (unpaired) electrons. The van der Waals surface area contributed by atoms with Crippen molar-refractivity contribution < 1.29 is 14.3 Å². The molecule has 3 aromatic rings. The minimum absolute atomic E-state index is 0.0777. The third-order valence-electron chi connectivity index (χ3n) is 7.69. The molecule has 0 aromatic heterocycles. The van der Waals surface area contributed by atoms with Crippen LogP contribution in [0.5, 0.6) is 11.5 Å². The lowest BCUT2D eigenvalue weighted by atomic mass is 10.1. The summed E-state index contributed by atoms with van der Waals surface area (Å²) >= 11 is 6.05. The first-order valence-corrected chi connectivity index (χ1v) is 14.6. The quantitative estimate of drug-likeness (QED) is 0.356. The molecular formula is C32H35ClN6O3. The lowest BCUT2D eigenvalue weighted by Gasteiger charge is -2.32. The van der Waals surface area contributed by atoms with E-state index in [0.717, 1.165) is 19.6 Å². The van der Waals surface area contributed by atoms with Crippen molar-refractivity contribution in [3.05, 3.63) is 88.4 Å². The Morgan fingerprint density at radius 2 is 1.69 bits per heavy atom. The van der Waals surface area contributed by atoms with Crippen molar-refractivity contribution in [3.8, 4) is 17.6 Å². The summed E-state index contributed by atoms with van der Waals surface area (Å²) in [5.74, 6) is 0.564. The van der Waals surface area contributed by atoms with E-state index in [1.165, 1.54) is 24.0 Å². The molecule has 2 amide bonds. The number of hydrazine groups is 1. The molecule has 1 saturated heterocycles. The van der Waals surface area contributed by atoms with Crippen molar-refractivity contribution in [2.75, 3.05) is 51.2 Å². The van der Waals surface area contributed by atoms with Crippen LogP contribution in [0, 0.1) is 11.3 Å². The molecule has 42 heavy (non-hydrogen) atoms. The van der Waals surface area contributed by atoms with Gasteiger partial charge in [0.1, 0.15) is 5.75 Å². The second kappa shape index (κ2) is 13.7. The van der Waals surface area contributed by atoms with Gasteiger partial charge in [0.2, 0.25) is 5.91 Å². The Hall–Kier alpha value is -4.10. The summed E-state index contributed by atoms with van der Waals surface area (Å²) in [6, 6.07) is 22.2. The van der Waals surface area contributed by atoms with Crippen LogP contribution in [0.15, 0.2) is 66.7 Å². The van der Waals surface area contributed by atoms with E-state index in [4.69, 9.17) is 16.3 Å². The average Bonchev–Trinajstić information content (AvgIpc) is 3.68. The number of likely N-dealkylation sites (tertiary alicyclic amines) is 1. The lowest BCUT2D eigenvalue weighted by molar-refractivity contribution is -0.145. The fraction of sp³-hybridized carbons (Fsp3) is 0.344. The number of halogens is 1. The smallest absolute Gasteiger partial charge is 0.256 e. The van der Waals surface area contributed by atoms with E-state index >= 15 is 0 Å². The second-order valence-electron chi connectivity index (χ2n) is 10.6. The van der Waals surface area contributed by atoms with E-state index < -0.39 is 0 Å². The van der Waals surface area contributed by atoms with Crippen molar-refractivity contribution >= 4 is 29.1 Å². The predicted octanol–water partition coefficient (Wildman–Crippen LogP) is 4.41. The molecule has 0 atom stereocenters. The highest BCUT2D eigenvalue weighted by Crippen LogP contribution is 2.34. The zero-order chi connectivity index (χ0) is 29.5. The fourth-order valence-electron chi connectivity index (χ4n) is 5.32. The van der Waals surface area contributed by atoms with Crippen molar-refractivity contribution in [2.24, 2.45) is 0 Å². The number of carbonyl (C=O) groups is 2. The molecule has 2 aliphatic rings. The average molecular weight is 587 g/mol. The Morgan fingerprint density at radius 1 is 1.00 bits per heavy atom. The number of benzene rings is 3. The minimum atomic E-state index is -0.210. The monoisotopic (exact) mass is 586 g/mol. The van der Waals surface area contributed by atoms with Gasteiger partial charge in [0, 0.05) is 38.2 Å². The van der Waals surface area contributed by atoms with E-state index in [0.29, 0.717) is 47.4 Å². The molecule has 5 rings (SSSR count). The van der Waals surface area contributed by atoms with E-state index in [2.05, 4.69) is 28.4 Å². The molecule has 218 valence electrons. The summed E-state index contributed by atoms with van der Waals surface area (Å²) < 4.78 is 6.18. The van der Waals surface area contributed by atoms with Crippen molar-refractivity contribution in [1.29, 1.82) is 5.26 Å². The van der Waals surface area contributed by atoms with Gasteiger partial charge < -0.3 is 19.9 Å². The van der Waals surface area contributed by atoms with Gasteiger partial charge >= 0.3 is 0 Å². The third-order valence-corrected chi connectivity index (χ3v) is 7.94. The Morgan fingerprint density at radius 3 is 2.36 bits per heavy atom. The van der Waals surface area contributed by atoms with Gasteiger partial charge in [-0.25, -0.2) is 5.01 Å². The Kier molecular flexibility index (Phi) is 9.59. The molecule has 0 unspecified atom stereocenters. The van der Waals surface area contributed by atoms with E-state index in [1.54, 1.807) is 59.4 Å². The maximum atomic E-state index is 13.7. The van der Waals surface area contributed by atoms with Gasteiger partial charge in [0.05, 0.1) is 30.4 Å². The summed E-state index contributed by atoms with van der Waals surface area (Å²) in [7, 11) is 1.75. The van der Waals surface area contributed by atoms with Crippen LogP contribution in [0.1, 0.15) is 29.5 Å². The van der Waals surface area contributed by atoms with Crippen LogP contribution in [-0.4, -0.2) is 73.0 Å². The summed E-state index contributed by atoms with van der Waals surface area (Å²) in [4.78, 5) is 30.9. The number of hydrogen-bond acceptors (Lipinski definition) is 7. The Bertz CT molecular complexity index is 1430. The summed E-state index contributed by atoms with van der Waals surface area (Å²) in [6.45, 7) is 4.51. The van der Waals surface area contributed by atoms with Crippen LogP contribution >= 0.6 is 11.6 Å². The zero-order valence-corrected chi connectivity index (χ0v) is 24.5. The van der Waals surface area contributed by atoms with Crippen LogP contribution in [-0.2, 0) is 22.7 Å². The normalized spacial score (nSPS) is 14.7. The Balaban J connectivity index is 1.36. The van der Waals surface area contributed by atoms with E-state index in [1.807, 2.05) is 17.1 Å². The van der Waals surface area contributed by atoms with Crippen LogP contribution in [0.4, 0.5) is 5.69 Å². The second-order valence-corrected chi connectivity index (χ2v) is 11.1. The van der Waals surface area contributed by atoms with Crippen LogP contribution in [0.2, 0.25) is 5.02 Å². The maximum Gasteiger partial charge on any atom is 0.256 e. The lowest BCUT2D eigenvalue weighted by Crippen LogP contribution is -2.48. The number of ether oxygens (including phenoxy) is 1. The van der Waals surface area contributed by atoms with Crippen molar-refractivity contribution in [3.63, 3.8) is 0 Å². The van der Waals surface area contributed by atoms with Gasteiger partial charge in [-0.1, -0.05) is 35.9 Å². The molecule has 2 heterocycles. The van der Waals surface area contributed by atoms with E-state index in [9.17, 15) is 14.9 Å². The molecule has 1 fully saturated rings. The molecule has 0 bridgehead atoms. The molecule has 0 saturated carbocycles. The first kappa shape index (κ1) is 29.4. The highest BCUT2D eigenvalue weighted by atomic mass is 35.5. The number of rotatable bonds is 11. The fourth-order valence-corrected chi connectivity index (χ4v) is 5.44. The number of nitrogens with one attached hydrogen (secondary N) is 1. The number of nitriles is 1. The van der Waals surface area contributed by atoms with Gasteiger partial charge in [-0.3, -0.25) is 14.6 Å². The molecule has 2 aliphatic heterocycles. The molecule has 9 nitrogen and oxygen atoms in total. The molecular weight excluding hydrogens is 552 g/mol. The summed E-state index contributed by atoms with van der Waals surface area (Å²) in [5, 5.41) is 16.8. The molecule has 3 aromatic carbocycles. The topological polar surface area (TPSA) is 92.2 Å². The van der Waals surface area contributed by atoms with Crippen LogP contribution in [0.25, 0.3) is 0 Å². The third kappa shape index (κ3) is 7.39. The first-order valence-electron chi connectivity index (χ1n) is 14.2. The number of fused-ring (bicyclic) bond motifs is 1. The van der Waals surface area contributed by atoms with Gasteiger partial charge in [-0.15, -0.1) is 0 Å². The van der Waals surface area contributed by atoms with Gasteiger partial charge in [-0.2, -0.15) is 5.26 Å². The first-order chi connectivity index (χ1) is 20.4. The number of hydrogen-bond donors (Lipinski definition) is 1. The SMILES string of the molecule is CN(C(=O)CN(CC(=O)NCCN1CCCC1)c1cc(C#N)ccc1Oc1ccc(Cl)cc1)N1Cc2ccccc2C1. The number of amides is 2.